The largest absolute Gasteiger partial charge is 0.489 e. The SMILES string of the molecule is NCCCC[C@H](NC(=O)[C@H](CCCN=C(N)N)NC(=O)c1ccccc1)C(=O)N[C@@H](C(=O)N[C@H]1CN(c2cccc(F)c2)C1=O)c1ccc(OCc2ccccc2)cc1. The van der Waals surface area contributed by atoms with Crippen LogP contribution in [-0.4, -0.2) is 73.3 Å². The van der Waals surface area contributed by atoms with E-state index in [0.29, 0.717) is 55.0 Å². The van der Waals surface area contributed by atoms with Gasteiger partial charge in [-0.05, 0) is 92.2 Å². The molecule has 0 aliphatic carbocycles. The molecular weight excluding hydrogens is 758 g/mol. The lowest BCUT2D eigenvalue weighted by molar-refractivity contribution is -0.135. The van der Waals surface area contributed by atoms with Gasteiger partial charge in [-0.2, -0.15) is 0 Å². The van der Waals surface area contributed by atoms with Gasteiger partial charge in [-0.15, -0.1) is 0 Å². The Morgan fingerprint density at radius 2 is 1.44 bits per heavy atom. The number of ether oxygens (including phenoxy) is 1. The summed E-state index contributed by atoms with van der Waals surface area (Å²) < 4.78 is 19.8. The first kappa shape index (κ1) is 43.3. The first-order valence-electron chi connectivity index (χ1n) is 19.4. The Morgan fingerprint density at radius 1 is 0.780 bits per heavy atom. The zero-order valence-corrected chi connectivity index (χ0v) is 32.5. The van der Waals surface area contributed by atoms with Crippen molar-refractivity contribution in [1.82, 2.24) is 21.3 Å². The fourth-order valence-corrected chi connectivity index (χ4v) is 6.34. The summed E-state index contributed by atoms with van der Waals surface area (Å²) in [6, 6.07) is 25.6. The third kappa shape index (κ3) is 12.8. The average Bonchev–Trinajstić information content (AvgIpc) is 3.24. The number of hydrogen-bond acceptors (Lipinski definition) is 8. The van der Waals surface area contributed by atoms with Gasteiger partial charge in [-0.3, -0.25) is 29.0 Å². The van der Waals surface area contributed by atoms with Gasteiger partial charge in [-0.25, -0.2) is 4.39 Å². The lowest BCUT2D eigenvalue weighted by atomic mass is 10.0. The number of guanidine groups is 1. The summed E-state index contributed by atoms with van der Waals surface area (Å²) in [5, 5.41) is 11.0. The highest BCUT2D eigenvalue weighted by Crippen LogP contribution is 2.25. The number of anilines is 1. The standard InChI is InChI=1S/C43H50FN9O6/c44-31-15-9-16-32(25-31)53-26-36(42(53)58)51-41(57)37(29-19-21-33(22-20-29)59-27-28-11-3-1-4-12-28)52-40(56)34(17-7-8-23-45)50-39(55)35(18-10-24-48-43(46)47)49-38(54)30-13-5-2-6-14-30/h1-6,9,11-16,19-22,25,34-37H,7-8,10,17-18,23-24,26-27,45H2,(H,49,54)(H,50,55)(H,51,57)(H,52,56)(H4,46,47,48)/t34-,35-,36-,37+/m0/s1. The van der Waals surface area contributed by atoms with Gasteiger partial charge in [0, 0.05) is 17.8 Å². The molecule has 5 amide bonds. The number of halogens is 1. The smallest absolute Gasteiger partial charge is 0.251 e. The van der Waals surface area contributed by atoms with Crippen LogP contribution in [0.25, 0.3) is 0 Å². The second-order valence-corrected chi connectivity index (χ2v) is 14.0. The molecule has 0 saturated carbocycles. The van der Waals surface area contributed by atoms with Crippen molar-refractivity contribution in [2.24, 2.45) is 22.2 Å². The summed E-state index contributed by atoms with van der Waals surface area (Å²) in [5.74, 6) is -3.06. The van der Waals surface area contributed by atoms with E-state index in [0.717, 1.165) is 5.56 Å². The number of unbranched alkanes of at least 4 members (excludes halogenated alkanes) is 1. The van der Waals surface area contributed by atoms with E-state index in [1.165, 1.54) is 23.1 Å². The molecule has 310 valence electrons. The molecular formula is C43H50FN9O6. The number of nitrogens with two attached hydrogens (primary N) is 3. The number of carbonyl (C=O) groups excluding carboxylic acids is 5. The highest BCUT2D eigenvalue weighted by molar-refractivity contribution is 6.06. The molecule has 1 aliphatic heterocycles. The number of nitrogens with one attached hydrogen (secondary N) is 4. The fraction of sp³-hybridized carbons (Fsp3) is 0.302. The number of amides is 5. The maximum absolute atomic E-state index is 14.2. The first-order chi connectivity index (χ1) is 28.5. The number of benzene rings is 4. The zero-order chi connectivity index (χ0) is 42.1. The summed E-state index contributed by atoms with van der Waals surface area (Å²) in [6.07, 6.45) is 1.64. The lowest BCUT2D eigenvalue weighted by Gasteiger charge is -2.39. The van der Waals surface area contributed by atoms with Crippen LogP contribution in [0.3, 0.4) is 0 Å². The van der Waals surface area contributed by atoms with E-state index in [2.05, 4.69) is 26.3 Å². The van der Waals surface area contributed by atoms with Crippen molar-refractivity contribution >= 4 is 41.2 Å². The van der Waals surface area contributed by atoms with Gasteiger partial charge in [0.2, 0.25) is 17.7 Å². The predicted octanol–water partition coefficient (Wildman–Crippen LogP) is 2.56. The molecule has 5 rings (SSSR count). The predicted molar refractivity (Wildman–Crippen MR) is 221 cm³/mol. The Bertz CT molecular complexity index is 2070. The Labute approximate surface area is 341 Å². The van der Waals surface area contributed by atoms with Crippen molar-refractivity contribution in [3.63, 3.8) is 0 Å². The third-order valence-corrected chi connectivity index (χ3v) is 9.56. The molecule has 0 radical (unpaired) electrons. The maximum Gasteiger partial charge on any atom is 0.251 e. The molecule has 0 aromatic heterocycles. The van der Waals surface area contributed by atoms with Gasteiger partial charge < -0.3 is 48.1 Å². The zero-order valence-electron chi connectivity index (χ0n) is 32.5. The molecule has 0 unspecified atom stereocenters. The van der Waals surface area contributed by atoms with Crippen LogP contribution >= 0.6 is 0 Å². The molecule has 4 atom stereocenters. The van der Waals surface area contributed by atoms with Gasteiger partial charge in [0.25, 0.3) is 11.8 Å². The monoisotopic (exact) mass is 807 g/mol. The van der Waals surface area contributed by atoms with Gasteiger partial charge in [0.1, 0.15) is 42.3 Å². The minimum Gasteiger partial charge on any atom is -0.489 e. The number of β-lactam (4-membered cyclic amide) rings is 1. The van der Waals surface area contributed by atoms with Crippen molar-refractivity contribution in [1.29, 1.82) is 0 Å². The van der Waals surface area contributed by atoms with Crippen LogP contribution in [-0.2, 0) is 25.8 Å². The van der Waals surface area contributed by atoms with Gasteiger partial charge in [0.15, 0.2) is 5.96 Å². The molecule has 16 heteroatoms. The lowest BCUT2D eigenvalue weighted by Crippen LogP contribution is -2.65. The van der Waals surface area contributed by atoms with E-state index in [1.54, 1.807) is 60.7 Å². The van der Waals surface area contributed by atoms with Crippen molar-refractivity contribution in [3.8, 4) is 5.75 Å². The normalized spacial score (nSPS) is 14.8. The van der Waals surface area contributed by atoms with Gasteiger partial charge in [-0.1, -0.05) is 66.7 Å². The molecule has 1 saturated heterocycles. The van der Waals surface area contributed by atoms with Crippen LogP contribution in [0.15, 0.2) is 114 Å². The van der Waals surface area contributed by atoms with E-state index >= 15 is 0 Å². The van der Waals surface area contributed by atoms with Crippen LogP contribution in [0.4, 0.5) is 10.1 Å². The van der Waals surface area contributed by atoms with E-state index in [1.807, 2.05) is 30.3 Å². The molecule has 1 heterocycles. The molecule has 59 heavy (non-hydrogen) atoms. The number of carbonyl (C=O) groups is 5. The van der Waals surface area contributed by atoms with E-state index in [4.69, 9.17) is 21.9 Å². The average molecular weight is 808 g/mol. The van der Waals surface area contributed by atoms with Crippen LogP contribution in [0, 0.1) is 5.82 Å². The maximum atomic E-state index is 14.2. The summed E-state index contributed by atoms with van der Waals surface area (Å²) in [4.78, 5) is 73.7. The van der Waals surface area contributed by atoms with Crippen LogP contribution in [0.1, 0.15) is 59.6 Å². The molecule has 1 aliphatic rings. The quantitative estimate of drug-likeness (QED) is 0.0283. The number of nitrogens with zero attached hydrogens (tertiary/aromatic N) is 2. The minimum atomic E-state index is -1.32. The topological polar surface area (TPSA) is 236 Å². The number of aliphatic imine (C=N–C) groups is 1. The molecule has 4 aromatic rings. The Kier molecular flexibility index (Phi) is 15.9. The van der Waals surface area contributed by atoms with Crippen molar-refractivity contribution in [2.75, 3.05) is 24.5 Å². The summed E-state index contributed by atoms with van der Waals surface area (Å²) in [5.41, 5.74) is 18.7. The molecule has 4 aromatic carbocycles. The van der Waals surface area contributed by atoms with Gasteiger partial charge >= 0.3 is 0 Å². The van der Waals surface area contributed by atoms with Crippen molar-refractivity contribution in [3.05, 3.63) is 132 Å². The molecule has 0 spiro atoms. The Hall–Kier alpha value is -6.81. The highest BCUT2D eigenvalue weighted by atomic mass is 19.1. The second kappa shape index (κ2) is 21.6. The first-order valence-corrected chi connectivity index (χ1v) is 19.4. The molecule has 0 bridgehead atoms. The third-order valence-electron chi connectivity index (χ3n) is 9.56. The van der Waals surface area contributed by atoms with Gasteiger partial charge in [0.05, 0.1) is 6.54 Å². The molecule has 10 N–H and O–H groups in total. The summed E-state index contributed by atoms with van der Waals surface area (Å²) in [6.45, 7) is 0.925. The Morgan fingerprint density at radius 3 is 2.10 bits per heavy atom. The van der Waals surface area contributed by atoms with E-state index in [-0.39, 0.29) is 31.9 Å². The molecule has 1 fully saturated rings. The number of hydrogen-bond donors (Lipinski definition) is 7. The highest BCUT2D eigenvalue weighted by Gasteiger charge is 2.40. The van der Waals surface area contributed by atoms with Crippen LogP contribution in [0.5, 0.6) is 5.75 Å². The fourth-order valence-electron chi connectivity index (χ4n) is 6.34. The van der Waals surface area contributed by atoms with Crippen LogP contribution in [0.2, 0.25) is 0 Å². The summed E-state index contributed by atoms with van der Waals surface area (Å²) in [7, 11) is 0. The molecule has 15 nitrogen and oxygen atoms in total. The van der Waals surface area contributed by atoms with E-state index in [9.17, 15) is 28.4 Å². The van der Waals surface area contributed by atoms with Crippen LogP contribution < -0.4 is 48.1 Å². The van der Waals surface area contributed by atoms with E-state index < -0.39 is 59.5 Å². The van der Waals surface area contributed by atoms with Crippen molar-refractivity contribution in [2.45, 2.75) is 62.9 Å². The second-order valence-electron chi connectivity index (χ2n) is 14.0. The minimum absolute atomic E-state index is 0.0814. The van der Waals surface area contributed by atoms with Crippen molar-refractivity contribution < 1.29 is 33.1 Å². The Balaban J connectivity index is 1.35. The number of rotatable bonds is 21. The summed E-state index contributed by atoms with van der Waals surface area (Å²) >= 11 is 0.